The molecule has 0 aromatic heterocycles. The smallest absolute Gasteiger partial charge is 0.344 e. The Hall–Kier alpha value is -2.11. The molecule has 1 atom stereocenters. The van der Waals surface area contributed by atoms with E-state index in [9.17, 15) is 14.9 Å². The lowest BCUT2D eigenvalue weighted by molar-refractivity contribution is -0.386. The molecule has 1 aromatic rings. The maximum atomic E-state index is 10.9. The van der Waals surface area contributed by atoms with Gasteiger partial charge in [-0.25, -0.2) is 4.79 Å². The molecule has 0 bridgehead atoms. The van der Waals surface area contributed by atoms with Crippen LogP contribution >= 0.6 is 0 Å². The fourth-order valence-corrected chi connectivity index (χ4v) is 1.42. The molecular weight excluding hydrogens is 226 g/mol. The van der Waals surface area contributed by atoms with Gasteiger partial charge < -0.3 is 9.84 Å². The van der Waals surface area contributed by atoms with E-state index in [-0.39, 0.29) is 17.9 Å². The molecule has 6 heteroatoms. The highest BCUT2D eigenvalue weighted by Gasteiger charge is 2.24. The van der Waals surface area contributed by atoms with E-state index < -0.39 is 17.0 Å². The molecule has 1 rings (SSSR count). The average Bonchev–Trinajstić information content (AvgIpc) is 2.24. The standard InChI is InChI=1S/C11H13NO5/c1-3-8(11(13)14)17-9-6-4-5-7(2)10(9)12(15)16/h4-6,8H,3H2,1-2H3,(H,13,14). The van der Waals surface area contributed by atoms with Gasteiger partial charge in [0.1, 0.15) is 0 Å². The van der Waals surface area contributed by atoms with Crippen molar-refractivity contribution in [1.29, 1.82) is 0 Å². The van der Waals surface area contributed by atoms with E-state index in [1.54, 1.807) is 26.0 Å². The van der Waals surface area contributed by atoms with Crippen molar-refractivity contribution in [2.45, 2.75) is 26.4 Å². The number of carbonyl (C=O) groups is 1. The number of hydrogen-bond donors (Lipinski definition) is 1. The number of ether oxygens (including phenoxy) is 1. The maximum absolute atomic E-state index is 10.9. The van der Waals surface area contributed by atoms with Crippen molar-refractivity contribution in [2.24, 2.45) is 0 Å². The Morgan fingerprint density at radius 2 is 2.24 bits per heavy atom. The van der Waals surface area contributed by atoms with E-state index in [0.29, 0.717) is 5.56 Å². The monoisotopic (exact) mass is 239 g/mol. The first kappa shape index (κ1) is 13.0. The fourth-order valence-electron chi connectivity index (χ4n) is 1.42. The lowest BCUT2D eigenvalue weighted by Crippen LogP contribution is -2.26. The van der Waals surface area contributed by atoms with Crippen LogP contribution in [0.1, 0.15) is 18.9 Å². The predicted molar refractivity (Wildman–Crippen MR) is 60.2 cm³/mol. The van der Waals surface area contributed by atoms with Crippen LogP contribution in [0.15, 0.2) is 18.2 Å². The van der Waals surface area contributed by atoms with Crippen LogP contribution in [0.5, 0.6) is 5.75 Å². The van der Waals surface area contributed by atoms with E-state index in [0.717, 1.165) is 0 Å². The van der Waals surface area contributed by atoms with Crippen LogP contribution < -0.4 is 4.74 Å². The third-order valence-electron chi connectivity index (χ3n) is 2.30. The Morgan fingerprint density at radius 1 is 1.59 bits per heavy atom. The van der Waals surface area contributed by atoms with Gasteiger partial charge >= 0.3 is 11.7 Å². The molecule has 0 aliphatic carbocycles. The van der Waals surface area contributed by atoms with Crippen molar-refractivity contribution in [1.82, 2.24) is 0 Å². The van der Waals surface area contributed by atoms with Crippen LogP contribution in [0.4, 0.5) is 5.69 Å². The number of nitro groups is 1. The Balaban J connectivity index is 3.10. The molecule has 0 spiro atoms. The molecule has 0 heterocycles. The molecule has 0 aliphatic rings. The molecule has 1 N–H and O–H groups in total. The van der Waals surface area contributed by atoms with Crippen LogP contribution in [0.25, 0.3) is 0 Å². The zero-order valence-electron chi connectivity index (χ0n) is 9.54. The Bertz CT molecular complexity index is 443. The van der Waals surface area contributed by atoms with E-state index in [4.69, 9.17) is 9.84 Å². The fraction of sp³-hybridized carbons (Fsp3) is 0.364. The predicted octanol–water partition coefficient (Wildman–Crippen LogP) is 2.15. The van der Waals surface area contributed by atoms with Crippen LogP contribution in [0, 0.1) is 17.0 Å². The van der Waals surface area contributed by atoms with Crippen LogP contribution in [0.2, 0.25) is 0 Å². The minimum absolute atomic E-state index is 0.00995. The first-order chi connectivity index (χ1) is 7.97. The molecule has 0 fully saturated rings. The summed E-state index contributed by atoms with van der Waals surface area (Å²) in [6.45, 7) is 3.22. The molecule has 0 radical (unpaired) electrons. The number of para-hydroxylation sites is 1. The van der Waals surface area contributed by atoms with Crippen LogP contribution in [-0.2, 0) is 4.79 Å². The molecular formula is C11H13NO5. The molecule has 1 aromatic carbocycles. The van der Waals surface area contributed by atoms with E-state index in [2.05, 4.69) is 0 Å². The number of aliphatic carboxylic acids is 1. The summed E-state index contributed by atoms with van der Waals surface area (Å²) in [7, 11) is 0. The highest BCUT2D eigenvalue weighted by molar-refractivity contribution is 5.73. The summed E-state index contributed by atoms with van der Waals surface area (Å²) in [5, 5.41) is 19.7. The highest BCUT2D eigenvalue weighted by atomic mass is 16.6. The Morgan fingerprint density at radius 3 is 2.71 bits per heavy atom. The van der Waals surface area contributed by atoms with Gasteiger partial charge in [-0.15, -0.1) is 0 Å². The Labute approximate surface area is 98.0 Å². The summed E-state index contributed by atoms with van der Waals surface area (Å²) in [5.41, 5.74) is 0.250. The van der Waals surface area contributed by atoms with Gasteiger partial charge in [-0.05, 0) is 19.4 Å². The average molecular weight is 239 g/mol. The van der Waals surface area contributed by atoms with Gasteiger partial charge in [0, 0.05) is 5.56 Å². The number of nitrogens with zero attached hydrogens (tertiary/aromatic N) is 1. The summed E-state index contributed by atoms with van der Waals surface area (Å²) >= 11 is 0. The largest absolute Gasteiger partial charge is 0.479 e. The molecule has 6 nitrogen and oxygen atoms in total. The number of rotatable bonds is 5. The van der Waals surface area contributed by atoms with Gasteiger partial charge in [0.05, 0.1) is 4.92 Å². The number of nitro benzene ring substituents is 1. The first-order valence-electron chi connectivity index (χ1n) is 5.10. The van der Waals surface area contributed by atoms with Gasteiger partial charge in [0.15, 0.2) is 11.9 Å². The zero-order chi connectivity index (χ0) is 13.0. The number of carboxylic acid groups (broad SMARTS) is 1. The van der Waals surface area contributed by atoms with Crippen LogP contribution in [-0.4, -0.2) is 22.1 Å². The second-order valence-electron chi connectivity index (χ2n) is 3.53. The minimum Gasteiger partial charge on any atom is -0.479 e. The summed E-state index contributed by atoms with van der Waals surface area (Å²) in [5.74, 6) is -1.15. The van der Waals surface area contributed by atoms with Gasteiger partial charge in [0.25, 0.3) is 0 Å². The molecule has 0 amide bonds. The van der Waals surface area contributed by atoms with Crippen molar-refractivity contribution in [3.63, 3.8) is 0 Å². The van der Waals surface area contributed by atoms with E-state index in [1.807, 2.05) is 0 Å². The van der Waals surface area contributed by atoms with E-state index in [1.165, 1.54) is 6.07 Å². The van der Waals surface area contributed by atoms with Crippen molar-refractivity contribution in [3.05, 3.63) is 33.9 Å². The SMILES string of the molecule is CCC(Oc1cccc(C)c1[N+](=O)[O-])C(=O)O. The summed E-state index contributed by atoms with van der Waals surface area (Å²) in [6.07, 6.45) is -0.837. The summed E-state index contributed by atoms with van der Waals surface area (Å²) < 4.78 is 5.16. The highest BCUT2D eigenvalue weighted by Crippen LogP contribution is 2.31. The van der Waals surface area contributed by atoms with Gasteiger partial charge in [-0.1, -0.05) is 19.1 Å². The minimum atomic E-state index is -1.14. The normalized spacial score (nSPS) is 11.9. The third-order valence-corrected chi connectivity index (χ3v) is 2.30. The first-order valence-corrected chi connectivity index (χ1v) is 5.10. The van der Waals surface area contributed by atoms with Crippen molar-refractivity contribution in [2.75, 3.05) is 0 Å². The second kappa shape index (κ2) is 5.29. The summed E-state index contributed by atoms with van der Waals surface area (Å²) in [6, 6.07) is 4.57. The van der Waals surface area contributed by atoms with Crippen molar-refractivity contribution < 1.29 is 19.6 Å². The lowest BCUT2D eigenvalue weighted by atomic mass is 10.2. The van der Waals surface area contributed by atoms with Crippen LogP contribution in [0.3, 0.4) is 0 Å². The van der Waals surface area contributed by atoms with Crippen molar-refractivity contribution >= 4 is 11.7 Å². The topological polar surface area (TPSA) is 89.7 Å². The van der Waals surface area contributed by atoms with Gasteiger partial charge in [-0.2, -0.15) is 0 Å². The quantitative estimate of drug-likeness (QED) is 0.628. The number of aryl methyl sites for hydroxylation is 1. The summed E-state index contributed by atoms with van der Waals surface area (Å²) in [4.78, 5) is 21.1. The number of carboxylic acids is 1. The lowest BCUT2D eigenvalue weighted by Gasteiger charge is -2.13. The third kappa shape index (κ3) is 2.93. The number of benzene rings is 1. The molecule has 17 heavy (non-hydrogen) atoms. The molecule has 0 aliphatic heterocycles. The van der Waals surface area contributed by atoms with Gasteiger partial charge in [0.2, 0.25) is 0 Å². The van der Waals surface area contributed by atoms with Gasteiger partial charge in [-0.3, -0.25) is 10.1 Å². The van der Waals surface area contributed by atoms with Crippen molar-refractivity contribution in [3.8, 4) is 5.75 Å². The molecule has 92 valence electrons. The van der Waals surface area contributed by atoms with E-state index >= 15 is 0 Å². The number of hydrogen-bond acceptors (Lipinski definition) is 4. The Kier molecular flexibility index (Phi) is 4.03. The molecule has 1 unspecified atom stereocenters. The zero-order valence-corrected chi connectivity index (χ0v) is 9.54. The maximum Gasteiger partial charge on any atom is 0.344 e. The molecule has 0 saturated heterocycles. The molecule has 0 saturated carbocycles. The second-order valence-corrected chi connectivity index (χ2v) is 3.53.